The smallest absolute Gasteiger partial charge is 0.0626 e. The number of nitrogens with one attached hydrogen (secondary N) is 1. The molecule has 1 saturated heterocycles. The van der Waals surface area contributed by atoms with Crippen LogP contribution in [0.4, 0.5) is 0 Å². The second-order valence-corrected chi connectivity index (χ2v) is 4.34. The normalized spacial score (nSPS) is 37.5. The average Bonchev–Trinajstić information content (AvgIpc) is 2.77. The van der Waals surface area contributed by atoms with E-state index in [1.54, 1.807) is 0 Å². The maximum atomic E-state index is 9.32. The van der Waals surface area contributed by atoms with Crippen molar-refractivity contribution in [2.75, 3.05) is 26.7 Å². The van der Waals surface area contributed by atoms with Gasteiger partial charge in [-0.3, -0.25) is 0 Å². The first-order valence-corrected chi connectivity index (χ1v) is 4.81. The number of nitrogens with zero attached hydrogens (tertiary/aromatic N) is 1. The van der Waals surface area contributed by atoms with Gasteiger partial charge in [-0.2, -0.15) is 0 Å². The molecule has 0 radical (unpaired) electrons. The molecule has 1 unspecified atom stereocenters. The Morgan fingerprint density at radius 1 is 1.58 bits per heavy atom. The maximum absolute atomic E-state index is 9.32. The van der Waals surface area contributed by atoms with Gasteiger partial charge in [0, 0.05) is 12.6 Å². The van der Waals surface area contributed by atoms with E-state index >= 15 is 0 Å². The maximum Gasteiger partial charge on any atom is 0.0626 e. The van der Waals surface area contributed by atoms with Crippen LogP contribution in [0.25, 0.3) is 0 Å². The summed E-state index contributed by atoms with van der Waals surface area (Å²) in [5.41, 5.74) is 0.0237. The standard InChI is InChI=1S/C9H18N2O/c1-11-5-4-9(6-11,7-12)10-8-2-3-8/h8,10,12H,2-7H2,1H3. The van der Waals surface area contributed by atoms with Crippen LogP contribution in [0, 0.1) is 0 Å². The molecule has 1 aliphatic heterocycles. The Balaban J connectivity index is 1.93. The molecule has 3 nitrogen and oxygen atoms in total. The zero-order valence-electron chi connectivity index (χ0n) is 7.71. The molecule has 2 aliphatic rings. The van der Waals surface area contributed by atoms with Gasteiger partial charge in [0.2, 0.25) is 0 Å². The highest BCUT2D eigenvalue weighted by Gasteiger charge is 2.39. The zero-order valence-corrected chi connectivity index (χ0v) is 7.71. The lowest BCUT2D eigenvalue weighted by Gasteiger charge is -2.28. The Hall–Kier alpha value is -0.120. The molecule has 0 aromatic carbocycles. The molecule has 1 saturated carbocycles. The van der Waals surface area contributed by atoms with E-state index in [1.165, 1.54) is 12.8 Å². The lowest BCUT2D eigenvalue weighted by Crippen LogP contribution is -2.51. The van der Waals surface area contributed by atoms with E-state index in [-0.39, 0.29) is 12.1 Å². The van der Waals surface area contributed by atoms with Crippen LogP contribution in [0.2, 0.25) is 0 Å². The van der Waals surface area contributed by atoms with Crippen molar-refractivity contribution in [2.45, 2.75) is 30.8 Å². The molecule has 3 heteroatoms. The van der Waals surface area contributed by atoms with E-state index in [0.717, 1.165) is 19.5 Å². The van der Waals surface area contributed by atoms with Crippen LogP contribution >= 0.6 is 0 Å². The van der Waals surface area contributed by atoms with E-state index < -0.39 is 0 Å². The van der Waals surface area contributed by atoms with Crippen molar-refractivity contribution in [3.05, 3.63) is 0 Å². The fraction of sp³-hybridized carbons (Fsp3) is 1.00. The van der Waals surface area contributed by atoms with E-state index in [0.29, 0.717) is 6.04 Å². The Bertz CT molecular complexity index is 170. The number of hydrogen-bond donors (Lipinski definition) is 2. The molecule has 70 valence electrons. The van der Waals surface area contributed by atoms with Gasteiger partial charge in [0.25, 0.3) is 0 Å². The van der Waals surface area contributed by atoms with Crippen LogP contribution in [-0.4, -0.2) is 48.3 Å². The van der Waals surface area contributed by atoms with Gasteiger partial charge < -0.3 is 15.3 Å². The summed E-state index contributed by atoms with van der Waals surface area (Å²) in [5, 5.41) is 12.9. The van der Waals surface area contributed by atoms with E-state index in [9.17, 15) is 5.11 Å². The van der Waals surface area contributed by atoms with Crippen LogP contribution in [0.15, 0.2) is 0 Å². The van der Waals surface area contributed by atoms with E-state index in [4.69, 9.17) is 0 Å². The van der Waals surface area contributed by atoms with Crippen molar-refractivity contribution < 1.29 is 5.11 Å². The molecule has 2 N–H and O–H groups in total. The highest BCUT2D eigenvalue weighted by molar-refractivity contribution is 5.00. The molecular weight excluding hydrogens is 152 g/mol. The van der Waals surface area contributed by atoms with Crippen molar-refractivity contribution in [1.82, 2.24) is 10.2 Å². The first-order chi connectivity index (χ1) is 5.74. The number of rotatable bonds is 3. The van der Waals surface area contributed by atoms with Gasteiger partial charge in [0.1, 0.15) is 0 Å². The molecule has 1 atom stereocenters. The molecule has 0 aromatic heterocycles. The van der Waals surface area contributed by atoms with Gasteiger partial charge in [0.05, 0.1) is 12.1 Å². The second-order valence-electron chi connectivity index (χ2n) is 4.34. The summed E-state index contributed by atoms with van der Waals surface area (Å²) < 4.78 is 0. The molecule has 0 bridgehead atoms. The van der Waals surface area contributed by atoms with Gasteiger partial charge >= 0.3 is 0 Å². The summed E-state index contributed by atoms with van der Waals surface area (Å²) >= 11 is 0. The van der Waals surface area contributed by atoms with Gasteiger partial charge in [0.15, 0.2) is 0 Å². The highest BCUT2D eigenvalue weighted by atomic mass is 16.3. The van der Waals surface area contributed by atoms with Gasteiger partial charge in [-0.1, -0.05) is 0 Å². The van der Waals surface area contributed by atoms with Crippen molar-refractivity contribution in [1.29, 1.82) is 0 Å². The van der Waals surface area contributed by atoms with Crippen molar-refractivity contribution >= 4 is 0 Å². The van der Waals surface area contributed by atoms with Gasteiger partial charge in [-0.25, -0.2) is 0 Å². The zero-order chi connectivity index (χ0) is 8.60. The number of likely N-dealkylation sites (tertiary alicyclic amines) is 1. The van der Waals surface area contributed by atoms with Crippen LogP contribution in [0.5, 0.6) is 0 Å². The molecule has 12 heavy (non-hydrogen) atoms. The fourth-order valence-electron chi connectivity index (χ4n) is 2.03. The fourth-order valence-corrected chi connectivity index (χ4v) is 2.03. The number of hydrogen-bond acceptors (Lipinski definition) is 3. The first kappa shape index (κ1) is 8.48. The van der Waals surface area contributed by atoms with Crippen LogP contribution < -0.4 is 5.32 Å². The minimum absolute atomic E-state index is 0.0237. The summed E-state index contributed by atoms with van der Waals surface area (Å²) in [6.07, 6.45) is 3.69. The van der Waals surface area contributed by atoms with Crippen LogP contribution in [0.1, 0.15) is 19.3 Å². The molecular formula is C9H18N2O. The lowest BCUT2D eigenvalue weighted by molar-refractivity contribution is 0.163. The molecule has 0 spiro atoms. The monoisotopic (exact) mass is 170 g/mol. The van der Waals surface area contributed by atoms with Gasteiger partial charge in [-0.15, -0.1) is 0 Å². The minimum atomic E-state index is 0.0237. The first-order valence-electron chi connectivity index (χ1n) is 4.81. The Morgan fingerprint density at radius 3 is 2.75 bits per heavy atom. The van der Waals surface area contributed by atoms with Crippen molar-refractivity contribution in [3.63, 3.8) is 0 Å². The Labute approximate surface area is 73.8 Å². The molecule has 2 rings (SSSR count). The molecule has 1 heterocycles. The lowest BCUT2D eigenvalue weighted by atomic mass is 10.00. The van der Waals surface area contributed by atoms with Crippen molar-refractivity contribution in [3.8, 4) is 0 Å². The van der Waals surface area contributed by atoms with Crippen molar-refractivity contribution in [2.24, 2.45) is 0 Å². The van der Waals surface area contributed by atoms with E-state index in [1.807, 2.05) is 0 Å². The van der Waals surface area contributed by atoms with Crippen LogP contribution in [-0.2, 0) is 0 Å². The molecule has 1 aliphatic carbocycles. The SMILES string of the molecule is CN1CCC(CO)(NC2CC2)C1. The number of likely N-dealkylation sites (N-methyl/N-ethyl adjacent to an activating group) is 1. The summed E-state index contributed by atoms with van der Waals surface area (Å²) in [6, 6.07) is 0.698. The quantitative estimate of drug-likeness (QED) is 0.616. The summed E-state index contributed by atoms with van der Waals surface area (Å²) in [4.78, 5) is 2.28. The summed E-state index contributed by atoms with van der Waals surface area (Å²) in [5.74, 6) is 0. The third kappa shape index (κ3) is 1.63. The molecule has 0 aromatic rings. The second kappa shape index (κ2) is 2.98. The minimum Gasteiger partial charge on any atom is -0.394 e. The predicted molar refractivity (Wildman–Crippen MR) is 48.1 cm³/mol. The largest absolute Gasteiger partial charge is 0.394 e. The third-order valence-corrected chi connectivity index (χ3v) is 2.93. The number of aliphatic hydroxyl groups excluding tert-OH is 1. The highest BCUT2D eigenvalue weighted by Crippen LogP contribution is 2.27. The molecule has 0 amide bonds. The van der Waals surface area contributed by atoms with E-state index in [2.05, 4.69) is 17.3 Å². The third-order valence-electron chi connectivity index (χ3n) is 2.93. The number of aliphatic hydroxyl groups is 1. The predicted octanol–water partition coefficient (Wildman–Crippen LogP) is -0.195. The summed E-state index contributed by atoms with van der Waals surface area (Å²) in [7, 11) is 2.12. The van der Waals surface area contributed by atoms with Crippen LogP contribution in [0.3, 0.4) is 0 Å². The Kier molecular flexibility index (Phi) is 2.10. The summed E-state index contributed by atoms with van der Waals surface area (Å²) in [6.45, 7) is 2.40. The van der Waals surface area contributed by atoms with Gasteiger partial charge in [-0.05, 0) is 32.9 Å². The Morgan fingerprint density at radius 2 is 2.33 bits per heavy atom. The topological polar surface area (TPSA) is 35.5 Å². The molecule has 2 fully saturated rings. The average molecular weight is 170 g/mol.